The SMILES string of the molecule is [C-]#[N+]CCOP(OCCCCCCC)N(C(C)C)C(C)C.[C-]#[N+]CCOP(OCCCCCCNC(=O)CCCCC1SCC2CC(=O)NC21)N(C(C)C)C(C)C.[C-]#[N+]CCOP(OCCCCCCNC(=O)OC)C(C(C)C)C(C)C.[C-]#[N+]CCOP(OCCCCCCNS(=O)(=O)c1cccc2c(N(C)C)cccc12)C(C(C)C)C(C)C. The van der Waals surface area contributed by atoms with Crippen molar-refractivity contribution in [3.63, 3.8) is 0 Å². The summed E-state index contributed by atoms with van der Waals surface area (Å²) in [6.45, 7) is 72.5. The summed E-state index contributed by atoms with van der Waals surface area (Å²) in [4.78, 5) is 50.4. The minimum atomic E-state index is -3.60. The van der Waals surface area contributed by atoms with Crippen molar-refractivity contribution >= 4 is 90.0 Å². The maximum atomic E-state index is 13.0. The molecule has 25 nitrogen and oxygen atoms in total. The lowest BCUT2D eigenvalue weighted by molar-refractivity contribution is -0.121. The summed E-state index contributed by atoms with van der Waals surface area (Å²) in [7, 11) is -2.54. The molecular weight excluding hydrogens is 1620 g/mol. The number of hydrogen-bond acceptors (Lipinski definition) is 18. The van der Waals surface area contributed by atoms with Gasteiger partial charge in [-0.15, -0.1) is 0 Å². The van der Waals surface area contributed by atoms with Crippen molar-refractivity contribution in [3.05, 3.63) is 82.1 Å². The second kappa shape index (κ2) is 69.5. The van der Waals surface area contributed by atoms with Gasteiger partial charge in [-0.2, -0.15) is 11.8 Å². The Kier molecular flexibility index (Phi) is 66.1. The molecule has 2 aromatic carbocycles. The molecule has 2 aliphatic heterocycles. The van der Waals surface area contributed by atoms with E-state index in [9.17, 15) is 22.8 Å². The van der Waals surface area contributed by atoms with Crippen molar-refractivity contribution in [3.8, 4) is 0 Å². The number of nitrogens with zero attached hydrogens (tertiary/aromatic N) is 7. The number of fused-ring (bicyclic) bond motifs is 2. The molecule has 0 spiro atoms. The van der Waals surface area contributed by atoms with Crippen molar-refractivity contribution in [1.29, 1.82) is 0 Å². The lowest BCUT2D eigenvalue weighted by atomic mass is 9.97. The Morgan fingerprint density at radius 3 is 1.34 bits per heavy atom. The van der Waals surface area contributed by atoms with Gasteiger partial charge < -0.3 is 81.2 Å². The fraction of sp³-hybridized carbons (Fsp3) is 0.807. The standard InChI is InChI=1S/C28H44N3O4PS.C26H47N4O4PS.C18H35N2O4P.C16H33N2O2P/c1-22(2)28(23(3)4)36(35-21-19-29-5)34-20-11-9-8-10-18-30-37(32,33)27-17-13-14-24-25(27)15-12-16-26(24)31(6)7;1-20(2)30(21(3)4)35(34-17-15-27-5)33-16-11-7-6-10-14-28-24(31)13-9-8-12-23-26-22(19-36-23)18-25(32)29-26;1-15(2)17(16(3)4)25(24-14-12-19-5)23-13-10-8-7-9-11-20-18(21)22-6;1-7-8-9-10-11-13-19-21(20-14-12-17-6)18(15(2)3)16(4)5/h12-17,22-23,28,30H,8-11,18-21H2,1-4,6-7H3;20-23,26H,6-19H2,1-4H3,(H,28,31)(H,29,32);15-17H,7-14H2,1-4,6H3,(H,20,21);15-16H,7-14H2,1-5H3. The predicted molar refractivity (Wildman–Crippen MR) is 498 cm³/mol. The second-order valence-corrected chi connectivity index (χ2v) is 42.1. The Hall–Kier alpha value is -3.75. The predicted octanol–water partition coefficient (Wildman–Crippen LogP) is 21.9. The minimum absolute atomic E-state index is 0.147. The third-order valence-electron chi connectivity index (χ3n) is 19.7. The van der Waals surface area contributed by atoms with Crippen LogP contribution in [0.4, 0.5) is 10.5 Å². The average molecular weight is 1780 g/mol. The van der Waals surface area contributed by atoms with E-state index in [4.69, 9.17) is 62.5 Å². The maximum Gasteiger partial charge on any atom is 0.406 e. The van der Waals surface area contributed by atoms with Crippen LogP contribution in [0.3, 0.4) is 0 Å². The fourth-order valence-corrected chi connectivity index (χ4v) is 24.3. The van der Waals surface area contributed by atoms with E-state index in [1.165, 1.54) is 32.8 Å². The number of amides is 3. The van der Waals surface area contributed by atoms with Crippen LogP contribution in [0.5, 0.6) is 0 Å². The van der Waals surface area contributed by atoms with Crippen LogP contribution in [-0.2, 0) is 60.5 Å². The van der Waals surface area contributed by atoms with E-state index in [1.807, 2.05) is 55.0 Å². The zero-order valence-electron chi connectivity index (χ0n) is 76.8. The monoisotopic (exact) mass is 1780 g/mol. The van der Waals surface area contributed by atoms with Crippen LogP contribution in [0.15, 0.2) is 41.3 Å². The van der Waals surface area contributed by atoms with Crippen LogP contribution in [0, 0.1) is 55.9 Å². The van der Waals surface area contributed by atoms with Gasteiger partial charge in [0.2, 0.25) is 48.0 Å². The highest BCUT2D eigenvalue weighted by Gasteiger charge is 2.43. The zero-order chi connectivity index (χ0) is 88.9. The van der Waals surface area contributed by atoms with Crippen LogP contribution in [0.1, 0.15) is 259 Å². The molecule has 0 radical (unpaired) electrons. The molecule has 7 atom stereocenters. The van der Waals surface area contributed by atoms with Gasteiger partial charge in [0.05, 0.1) is 38.4 Å². The number of unbranched alkanes of at least 4 members (excludes halogenated alkanes) is 14. The van der Waals surface area contributed by atoms with Gasteiger partial charge in [-0.25, -0.2) is 53.6 Å². The van der Waals surface area contributed by atoms with E-state index in [0.29, 0.717) is 180 Å². The maximum absolute atomic E-state index is 13.0. The molecule has 119 heavy (non-hydrogen) atoms. The molecule has 0 aliphatic carbocycles. The average Bonchev–Trinajstić information content (AvgIpc) is 1.29. The molecular formula is C88H159N11O14P4S2. The number of ether oxygens (including phenoxy) is 1. The number of sulfonamides is 1. The van der Waals surface area contributed by atoms with Crippen LogP contribution in [-0.4, -0.2) is 208 Å². The number of anilines is 1. The van der Waals surface area contributed by atoms with Crippen LogP contribution >= 0.6 is 45.6 Å². The lowest BCUT2D eigenvalue weighted by Crippen LogP contribution is -2.34. The first-order valence-electron chi connectivity index (χ1n) is 44.2. The highest BCUT2D eigenvalue weighted by atomic mass is 32.2. The normalized spacial score (nSPS) is 15.7. The molecule has 682 valence electrons. The quantitative estimate of drug-likeness (QED) is 0.0273. The largest absolute Gasteiger partial charge is 0.453 e. The molecule has 7 unspecified atom stereocenters. The first kappa shape index (κ1) is 113. The highest BCUT2D eigenvalue weighted by molar-refractivity contribution is 8.00. The van der Waals surface area contributed by atoms with Gasteiger partial charge >= 0.3 is 6.09 Å². The zero-order valence-corrected chi connectivity index (χ0v) is 82.0. The summed E-state index contributed by atoms with van der Waals surface area (Å²) in [5.41, 5.74) is 1.70. The number of carbonyl (C=O) groups excluding carboxylic acids is 3. The van der Waals surface area contributed by atoms with Crippen molar-refractivity contribution in [2.75, 3.05) is 131 Å². The molecule has 2 fully saturated rings. The summed E-state index contributed by atoms with van der Waals surface area (Å²) < 4.78 is 86.0. The first-order chi connectivity index (χ1) is 56.9. The number of nitrogens with one attached hydrogen (secondary N) is 4. The van der Waals surface area contributed by atoms with Gasteiger partial charge in [0.1, 0.15) is 26.4 Å². The molecule has 3 amide bonds. The van der Waals surface area contributed by atoms with Gasteiger partial charge in [-0.05, 0) is 161 Å². The van der Waals surface area contributed by atoms with E-state index in [2.05, 4.69) is 172 Å². The fourth-order valence-electron chi connectivity index (χ4n) is 14.2. The Bertz CT molecular complexity index is 3240. The second-order valence-electron chi connectivity index (χ2n) is 32.9. The Balaban J connectivity index is 0.000000814. The van der Waals surface area contributed by atoms with Gasteiger partial charge in [0.25, 0.3) is 17.1 Å². The summed E-state index contributed by atoms with van der Waals surface area (Å²) in [6, 6.07) is 12.9. The van der Waals surface area contributed by atoms with Crippen molar-refractivity contribution in [2.45, 2.75) is 311 Å². The Morgan fingerprint density at radius 1 is 0.513 bits per heavy atom. The molecule has 0 aromatic heterocycles. The Labute approximate surface area is 732 Å². The van der Waals surface area contributed by atoms with E-state index in [1.54, 1.807) is 12.1 Å². The number of carbonyl (C=O) groups is 3. The van der Waals surface area contributed by atoms with Gasteiger partial charge in [-0.3, -0.25) is 9.59 Å². The summed E-state index contributed by atoms with van der Waals surface area (Å²) >= 11 is 1.99. The third-order valence-corrected chi connectivity index (χ3v) is 32.1. The van der Waals surface area contributed by atoms with Crippen LogP contribution < -0.4 is 25.6 Å². The van der Waals surface area contributed by atoms with Crippen LogP contribution in [0.25, 0.3) is 30.2 Å². The molecule has 2 heterocycles. The number of benzene rings is 2. The van der Waals surface area contributed by atoms with E-state index in [-0.39, 0.29) is 17.9 Å². The summed E-state index contributed by atoms with van der Waals surface area (Å²) in [5, 5.41) is 11.0. The van der Waals surface area contributed by atoms with Crippen molar-refractivity contribution in [2.24, 2.45) is 29.6 Å². The van der Waals surface area contributed by atoms with E-state index in [0.717, 1.165) is 138 Å². The topological polar surface area (TPSA) is 244 Å². The molecule has 2 aromatic rings. The number of methoxy groups -OCH3 is 1. The highest BCUT2D eigenvalue weighted by Crippen LogP contribution is 2.52. The molecule has 4 rings (SSSR count). The number of rotatable bonds is 63. The molecule has 31 heteroatoms. The molecule has 0 bridgehead atoms. The van der Waals surface area contributed by atoms with Gasteiger partial charge in [-0.1, -0.05) is 157 Å². The number of thioether (sulfide) groups is 1. The van der Waals surface area contributed by atoms with Gasteiger partial charge in [0.15, 0.2) is 16.8 Å². The minimum Gasteiger partial charge on any atom is -0.453 e. The molecule has 0 saturated carbocycles. The van der Waals surface area contributed by atoms with Crippen molar-refractivity contribution in [1.82, 2.24) is 30.0 Å². The summed E-state index contributed by atoms with van der Waals surface area (Å²) in [5.74, 6) is 3.84. The first-order valence-corrected chi connectivity index (χ1v) is 51.5. The van der Waals surface area contributed by atoms with Gasteiger partial charge in [0, 0.05) is 110 Å². The molecule has 2 aliphatic rings. The lowest BCUT2D eigenvalue weighted by Gasteiger charge is -2.35. The van der Waals surface area contributed by atoms with E-state index >= 15 is 0 Å². The number of alkyl carbamates (subject to hydrolysis) is 1. The van der Waals surface area contributed by atoms with E-state index < -0.39 is 43.8 Å². The smallest absolute Gasteiger partial charge is 0.406 e. The number of hydrogen-bond donors (Lipinski definition) is 4. The molecule has 2 saturated heterocycles. The third kappa shape index (κ3) is 49.7. The molecule has 4 N–H and O–H groups in total. The van der Waals surface area contributed by atoms with Crippen molar-refractivity contribution < 1.29 is 63.7 Å². The Morgan fingerprint density at radius 2 is 0.908 bits per heavy atom. The summed E-state index contributed by atoms with van der Waals surface area (Å²) in [6.07, 6.45) is 21.7. The van der Waals surface area contributed by atoms with Crippen LogP contribution in [0.2, 0.25) is 0 Å².